The lowest BCUT2D eigenvalue weighted by Crippen LogP contribution is -2.26. The maximum atomic E-state index is 5.20. The van der Waals surface area contributed by atoms with Crippen molar-refractivity contribution < 1.29 is 4.74 Å². The zero-order valence-electron chi connectivity index (χ0n) is 10.5. The molecule has 0 aliphatic carbocycles. The van der Waals surface area contributed by atoms with Gasteiger partial charge in [0, 0.05) is 19.7 Å². The fraction of sp³-hybridized carbons (Fsp3) is 1.00. The van der Waals surface area contributed by atoms with E-state index in [1.54, 1.807) is 7.11 Å². The molecule has 1 fully saturated rings. The molecule has 0 spiro atoms. The molecule has 0 bridgehead atoms. The van der Waals surface area contributed by atoms with Gasteiger partial charge in [0.2, 0.25) is 0 Å². The van der Waals surface area contributed by atoms with Gasteiger partial charge < -0.3 is 15.0 Å². The summed E-state index contributed by atoms with van der Waals surface area (Å²) in [6.07, 6.45) is 3.90. The van der Waals surface area contributed by atoms with Crippen LogP contribution in [0.3, 0.4) is 0 Å². The van der Waals surface area contributed by atoms with E-state index in [0.717, 1.165) is 12.5 Å². The van der Waals surface area contributed by atoms with Crippen molar-refractivity contribution in [1.29, 1.82) is 0 Å². The minimum atomic E-state index is 0.655. The molecule has 0 aromatic heterocycles. The number of rotatable bonds is 7. The average molecular weight is 214 g/mol. The van der Waals surface area contributed by atoms with Gasteiger partial charge >= 0.3 is 0 Å². The Morgan fingerprint density at radius 3 is 3.00 bits per heavy atom. The van der Waals surface area contributed by atoms with Crippen LogP contribution >= 0.6 is 0 Å². The van der Waals surface area contributed by atoms with Crippen molar-refractivity contribution in [3.8, 4) is 0 Å². The predicted molar refractivity (Wildman–Crippen MR) is 64.2 cm³/mol. The molecule has 1 heterocycles. The number of ether oxygens (including phenoxy) is 1. The maximum Gasteiger partial charge on any atom is 0.0503 e. The molecular weight excluding hydrogens is 188 g/mol. The Morgan fingerprint density at radius 1 is 1.53 bits per heavy atom. The quantitative estimate of drug-likeness (QED) is 0.692. The molecule has 1 rings (SSSR count). The second kappa shape index (κ2) is 7.20. The van der Waals surface area contributed by atoms with Crippen molar-refractivity contribution in [2.45, 2.75) is 32.2 Å². The van der Waals surface area contributed by atoms with Gasteiger partial charge in [-0.05, 0) is 52.2 Å². The van der Waals surface area contributed by atoms with Gasteiger partial charge in [0.1, 0.15) is 0 Å². The van der Waals surface area contributed by atoms with Gasteiger partial charge in [0.05, 0.1) is 6.61 Å². The summed E-state index contributed by atoms with van der Waals surface area (Å²) < 4.78 is 5.20. The summed E-state index contributed by atoms with van der Waals surface area (Å²) in [7, 11) is 3.84. The first-order valence-corrected chi connectivity index (χ1v) is 6.14. The molecule has 90 valence electrons. The Bertz CT molecular complexity index is 164. The van der Waals surface area contributed by atoms with Gasteiger partial charge in [-0.15, -0.1) is 0 Å². The molecule has 0 amide bonds. The smallest absolute Gasteiger partial charge is 0.0503 e. The maximum absolute atomic E-state index is 5.20. The van der Waals surface area contributed by atoms with Crippen LogP contribution in [0.15, 0.2) is 0 Å². The molecule has 0 saturated carbocycles. The second-order valence-electron chi connectivity index (χ2n) is 4.74. The van der Waals surface area contributed by atoms with Gasteiger partial charge in [0.15, 0.2) is 0 Å². The zero-order chi connectivity index (χ0) is 11.1. The van der Waals surface area contributed by atoms with E-state index in [9.17, 15) is 0 Å². The Morgan fingerprint density at radius 2 is 2.33 bits per heavy atom. The summed E-state index contributed by atoms with van der Waals surface area (Å²) in [5, 5.41) is 3.28. The molecule has 3 nitrogen and oxygen atoms in total. The van der Waals surface area contributed by atoms with Crippen molar-refractivity contribution in [2.75, 3.05) is 40.4 Å². The van der Waals surface area contributed by atoms with Crippen molar-refractivity contribution in [3.63, 3.8) is 0 Å². The van der Waals surface area contributed by atoms with Crippen LogP contribution in [0, 0.1) is 5.92 Å². The first-order chi connectivity index (χ1) is 7.26. The van der Waals surface area contributed by atoms with E-state index < -0.39 is 0 Å². The van der Waals surface area contributed by atoms with E-state index in [1.807, 2.05) is 7.05 Å². The fourth-order valence-electron chi connectivity index (χ4n) is 2.25. The summed E-state index contributed by atoms with van der Waals surface area (Å²) in [4.78, 5) is 2.58. The van der Waals surface area contributed by atoms with Crippen molar-refractivity contribution in [1.82, 2.24) is 10.2 Å². The molecule has 0 aromatic rings. The highest BCUT2D eigenvalue weighted by Crippen LogP contribution is 2.16. The Kier molecular flexibility index (Phi) is 6.22. The molecule has 1 saturated heterocycles. The van der Waals surface area contributed by atoms with Crippen LogP contribution < -0.4 is 5.32 Å². The van der Waals surface area contributed by atoms with Crippen LogP contribution in [0.4, 0.5) is 0 Å². The number of hydrogen-bond donors (Lipinski definition) is 1. The average Bonchev–Trinajstić information content (AvgIpc) is 2.66. The largest absolute Gasteiger partial charge is 0.384 e. The van der Waals surface area contributed by atoms with Crippen molar-refractivity contribution in [3.05, 3.63) is 0 Å². The molecule has 3 heteroatoms. The lowest BCUT2D eigenvalue weighted by molar-refractivity contribution is 0.153. The van der Waals surface area contributed by atoms with Gasteiger partial charge in [0.25, 0.3) is 0 Å². The SMILES string of the molecule is CNC(C)CCCN1CCC(COC)C1. The minimum Gasteiger partial charge on any atom is -0.384 e. The molecular formula is C12H26N2O. The van der Waals surface area contributed by atoms with Crippen LogP contribution in [0.2, 0.25) is 0 Å². The third-order valence-corrected chi connectivity index (χ3v) is 3.38. The monoisotopic (exact) mass is 214 g/mol. The topological polar surface area (TPSA) is 24.5 Å². The fourth-order valence-corrected chi connectivity index (χ4v) is 2.25. The Labute approximate surface area is 94.2 Å². The van der Waals surface area contributed by atoms with Gasteiger partial charge in [-0.1, -0.05) is 0 Å². The van der Waals surface area contributed by atoms with Crippen molar-refractivity contribution >= 4 is 0 Å². The molecule has 0 aromatic carbocycles. The van der Waals surface area contributed by atoms with E-state index in [0.29, 0.717) is 6.04 Å². The summed E-state index contributed by atoms with van der Waals surface area (Å²) in [5.41, 5.74) is 0. The first kappa shape index (κ1) is 12.9. The van der Waals surface area contributed by atoms with Crippen LogP contribution in [-0.4, -0.2) is 51.3 Å². The lowest BCUT2D eigenvalue weighted by atomic mass is 10.1. The van der Waals surface area contributed by atoms with E-state index in [4.69, 9.17) is 4.74 Å². The highest BCUT2D eigenvalue weighted by molar-refractivity contribution is 4.75. The Hall–Kier alpha value is -0.120. The van der Waals surface area contributed by atoms with Crippen molar-refractivity contribution in [2.24, 2.45) is 5.92 Å². The highest BCUT2D eigenvalue weighted by atomic mass is 16.5. The van der Waals surface area contributed by atoms with Crippen LogP contribution in [-0.2, 0) is 4.74 Å². The van der Waals surface area contributed by atoms with E-state index >= 15 is 0 Å². The number of nitrogens with zero attached hydrogens (tertiary/aromatic N) is 1. The summed E-state index contributed by atoms with van der Waals surface area (Å²) >= 11 is 0. The number of likely N-dealkylation sites (tertiary alicyclic amines) is 1. The van der Waals surface area contributed by atoms with Crippen LogP contribution in [0.5, 0.6) is 0 Å². The van der Waals surface area contributed by atoms with Gasteiger partial charge in [-0.2, -0.15) is 0 Å². The summed E-state index contributed by atoms with van der Waals surface area (Å²) in [6.45, 7) is 6.94. The van der Waals surface area contributed by atoms with Gasteiger partial charge in [-0.25, -0.2) is 0 Å². The third-order valence-electron chi connectivity index (χ3n) is 3.38. The van der Waals surface area contributed by atoms with Crippen LogP contribution in [0.1, 0.15) is 26.2 Å². The zero-order valence-corrected chi connectivity index (χ0v) is 10.5. The normalized spacial score (nSPS) is 24.6. The number of methoxy groups -OCH3 is 1. The molecule has 15 heavy (non-hydrogen) atoms. The third kappa shape index (κ3) is 4.96. The minimum absolute atomic E-state index is 0.655. The molecule has 1 aliphatic heterocycles. The van der Waals surface area contributed by atoms with Crippen LogP contribution in [0.25, 0.3) is 0 Å². The number of hydrogen-bond acceptors (Lipinski definition) is 3. The van der Waals surface area contributed by atoms with E-state index in [2.05, 4.69) is 17.1 Å². The van der Waals surface area contributed by atoms with E-state index in [1.165, 1.54) is 38.9 Å². The summed E-state index contributed by atoms with van der Waals surface area (Å²) in [5.74, 6) is 0.775. The number of nitrogens with one attached hydrogen (secondary N) is 1. The standard InChI is InChI=1S/C12H26N2O/c1-11(13-2)5-4-7-14-8-6-12(9-14)10-15-3/h11-13H,4-10H2,1-3H3. The summed E-state index contributed by atoms with van der Waals surface area (Å²) in [6, 6.07) is 0.655. The molecule has 0 radical (unpaired) electrons. The highest BCUT2D eigenvalue weighted by Gasteiger charge is 2.21. The van der Waals surface area contributed by atoms with E-state index in [-0.39, 0.29) is 0 Å². The molecule has 2 unspecified atom stereocenters. The molecule has 1 N–H and O–H groups in total. The van der Waals surface area contributed by atoms with Gasteiger partial charge in [-0.3, -0.25) is 0 Å². The Balaban J connectivity index is 2.03. The first-order valence-electron chi connectivity index (χ1n) is 6.14. The molecule has 2 atom stereocenters. The predicted octanol–water partition coefficient (Wildman–Crippen LogP) is 1.34. The lowest BCUT2D eigenvalue weighted by Gasteiger charge is -2.17. The second-order valence-corrected chi connectivity index (χ2v) is 4.74. The molecule has 1 aliphatic rings.